The lowest BCUT2D eigenvalue weighted by Gasteiger charge is -2.14. The molecule has 32 heavy (non-hydrogen) atoms. The van der Waals surface area contributed by atoms with Gasteiger partial charge in [-0.05, 0) is 30.5 Å². The molecule has 6 nitrogen and oxygen atoms in total. The van der Waals surface area contributed by atoms with Gasteiger partial charge in [0.1, 0.15) is 17.4 Å². The number of pyridine rings is 1. The Hall–Kier alpha value is -3.31. The van der Waals surface area contributed by atoms with Crippen LogP contribution in [0.25, 0.3) is 21.6 Å². The second-order valence-corrected chi connectivity index (χ2v) is 8.36. The number of aliphatic hydroxyl groups excluding tert-OH is 1. The molecule has 4 aromatic rings. The van der Waals surface area contributed by atoms with Crippen LogP contribution in [0.5, 0.6) is 0 Å². The predicted molar refractivity (Wildman–Crippen MR) is 130 cm³/mol. The summed E-state index contributed by atoms with van der Waals surface area (Å²) in [6.07, 6.45) is 4.14. The zero-order valence-electron chi connectivity index (χ0n) is 17.8. The number of aromatic nitrogens is 3. The average Bonchev–Trinajstić information content (AvgIpc) is 3.25. The van der Waals surface area contributed by atoms with E-state index in [9.17, 15) is 5.11 Å². The molecule has 0 radical (unpaired) electrons. The summed E-state index contributed by atoms with van der Waals surface area (Å²) in [4.78, 5) is 13.6. The van der Waals surface area contributed by atoms with Crippen molar-refractivity contribution < 1.29 is 5.11 Å². The van der Waals surface area contributed by atoms with Crippen LogP contribution < -0.4 is 11.1 Å². The maximum absolute atomic E-state index is 9.85. The number of thiophene rings is 1. The van der Waals surface area contributed by atoms with E-state index < -0.39 is 6.10 Å². The van der Waals surface area contributed by atoms with E-state index >= 15 is 0 Å². The van der Waals surface area contributed by atoms with E-state index in [1.807, 2.05) is 42.6 Å². The average molecular weight is 444 g/mol. The fourth-order valence-electron chi connectivity index (χ4n) is 3.24. The van der Waals surface area contributed by atoms with Crippen molar-refractivity contribution in [2.45, 2.75) is 31.9 Å². The highest BCUT2D eigenvalue weighted by atomic mass is 32.1. The van der Waals surface area contributed by atoms with Crippen LogP contribution in [0.3, 0.4) is 0 Å². The molecule has 0 spiro atoms. The third-order valence-electron chi connectivity index (χ3n) is 4.99. The third kappa shape index (κ3) is 5.29. The molecule has 0 aliphatic carbocycles. The summed E-state index contributed by atoms with van der Waals surface area (Å²) in [6.45, 7) is 2.47. The van der Waals surface area contributed by atoms with Crippen molar-refractivity contribution in [2.75, 3.05) is 11.9 Å². The Morgan fingerprint density at radius 1 is 1.12 bits per heavy atom. The van der Waals surface area contributed by atoms with Crippen LogP contribution in [0.2, 0.25) is 0 Å². The van der Waals surface area contributed by atoms with Gasteiger partial charge in [0.25, 0.3) is 0 Å². The monoisotopic (exact) mass is 443 g/mol. The molecule has 0 fully saturated rings. The summed E-state index contributed by atoms with van der Waals surface area (Å²) >= 11 is 1.53. The van der Waals surface area contributed by atoms with E-state index in [-0.39, 0.29) is 6.04 Å². The van der Waals surface area contributed by atoms with E-state index in [4.69, 9.17) is 15.7 Å². The highest BCUT2D eigenvalue weighted by Gasteiger charge is 2.15. The SMILES string of the molecule is CCC(O)C#Cc1csc2c(NCC(N)Cc3ccccc3)nc(-c3ccncc3)nc12. The number of nitrogens with one attached hydrogen (secondary N) is 1. The first kappa shape index (κ1) is 21.9. The molecule has 0 saturated heterocycles. The fourth-order valence-corrected chi connectivity index (χ4v) is 4.14. The van der Waals surface area contributed by atoms with Crippen LogP contribution in [0.15, 0.2) is 60.2 Å². The number of hydrogen-bond donors (Lipinski definition) is 3. The molecule has 0 bridgehead atoms. The second-order valence-electron chi connectivity index (χ2n) is 7.48. The molecular weight excluding hydrogens is 418 g/mol. The molecule has 1 aromatic carbocycles. The second kappa shape index (κ2) is 10.3. The molecule has 0 saturated carbocycles. The number of fused-ring (bicyclic) bond motifs is 1. The molecule has 0 aliphatic heterocycles. The summed E-state index contributed by atoms with van der Waals surface area (Å²) in [6, 6.07) is 13.9. The standard InChI is InChI=1S/C25H25N5OS/c1-2-21(31)9-8-19-16-32-23-22(19)29-24(18-10-12-27-13-11-18)30-25(23)28-15-20(26)14-17-6-4-3-5-7-17/h3-7,10-13,16,20-21,31H,2,14-15,26H2,1H3,(H,28,29,30). The van der Waals surface area contributed by atoms with Gasteiger partial charge in [0, 0.05) is 35.9 Å². The molecule has 0 amide bonds. The molecule has 4 N–H and O–H groups in total. The van der Waals surface area contributed by atoms with E-state index in [0.717, 1.165) is 33.6 Å². The highest BCUT2D eigenvalue weighted by molar-refractivity contribution is 7.18. The number of benzene rings is 1. The van der Waals surface area contributed by atoms with E-state index in [0.29, 0.717) is 18.8 Å². The summed E-state index contributed by atoms with van der Waals surface area (Å²) < 4.78 is 0.921. The van der Waals surface area contributed by atoms with Crippen LogP contribution in [-0.2, 0) is 6.42 Å². The number of aliphatic hydroxyl groups is 1. The number of nitrogens with two attached hydrogens (primary N) is 1. The minimum absolute atomic E-state index is 0.0642. The lowest BCUT2D eigenvalue weighted by Crippen LogP contribution is -2.31. The van der Waals surface area contributed by atoms with Crippen molar-refractivity contribution in [3.05, 3.63) is 71.4 Å². The number of nitrogens with zero attached hydrogens (tertiary/aromatic N) is 3. The first-order valence-electron chi connectivity index (χ1n) is 10.6. The van der Waals surface area contributed by atoms with Gasteiger partial charge in [-0.1, -0.05) is 49.1 Å². The van der Waals surface area contributed by atoms with Crippen LogP contribution in [0.1, 0.15) is 24.5 Å². The maximum atomic E-state index is 9.85. The molecule has 7 heteroatoms. The summed E-state index contributed by atoms with van der Waals surface area (Å²) in [5.41, 5.74) is 10.0. The van der Waals surface area contributed by atoms with Gasteiger partial charge in [0.15, 0.2) is 5.82 Å². The third-order valence-corrected chi connectivity index (χ3v) is 5.96. The van der Waals surface area contributed by atoms with Gasteiger partial charge in [0.05, 0.1) is 10.3 Å². The fraction of sp³-hybridized carbons (Fsp3) is 0.240. The molecule has 2 unspecified atom stereocenters. The zero-order valence-corrected chi connectivity index (χ0v) is 18.6. The first-order valence-corrected chi connectivity index (χ1v) is 11.4. The summed E-state index contributed by atoms with van der Waals surface area (Å²) in [5.74, 6) is 7.29. The van der Waals surface area contributed by atoms with Gasteiger partial charge >= 0.3 is 0 Å². The Morgan fingerprint density at radius 3 is 2.66 bits per heavy atom. The van der Waals surface area contributed by atoms with E-state index in [2.05, 4.69) is 34.3 Å². The highest BCUT2D eigenvalue weighted by Crippen LogP contribution is 2.32. The van der Waals surface area contributed by atoms with Crippen molar-refractivity contribution >= 4 is 27.4 Å². The predicted octanol–water partition coefficient (Wildman–Crippen LogP) is 3.86. The summed E-state index contributed by atoms with van der Waals surface area (Å²) in [5, 5.41) is 15.2. The minimum Gasteiger partial charge on any atom is -0.380 e. The molecular formula is C25H25N5OS. The van der Waals surface area contributed by atoms with Crippen molar-refractivity contribution in [1.29, 1.82) is 0 Å². The Balaban J connectivity index is 1.65. The van der Waals surface area contributed by atoms with Gasteiger partial charge in [-0.3, -0.25) is 4.98 Å². The molecule has 2 atom stereocenters. The Labute approximate surface area is 191 Å². The smallest absolute Gasteiger partial charge is 0.162 e. The van der Waals surface area contributed by atoms with E-state index in [1.54, 1.807) is 12.4 Å². The van der Waals surface area contributed by atoms with Gasteiger partial charge in [-0.15, -0.1) is 11.3 Å². The van der Waals surface area contributed by atoms with E-state index in [1.165, 1.54) is 16.9 Å². The first-order chi connectivity index (χ1) is 15.6. The Kier molecular flexibility index (Phi) is 7.07. The minimum atomic E-state index is -0.653. The molecule has 0 aliphatic rings. The largest absolute Gasteiger partial charge is 0.380 e. The topological polar surface area (TPSA) is 97.0 Å². The van der Waals surface area contributed by atoms with Crippen molar-refractivity contribution in [3.63, 3.8) is 0 Å². The number of rotatable bonds is 7. The van der Waals surface area contributed by atoms with Gasteiger partial charge in [0.2, 0.25) is 0 Å². The number of hydrogen-bond acceptors (Lipinski definition) is 7. The lowest BCUT2D eigenvalue weighted by molar-refractivity contribution is 0.228. The van der Waals surface area contributed by atoms with Gasteiger partial charge < -0.3 is 16.2 Å². The molecule has 3 aromatic heterocycles. The van der Waals surface area contributed by atoms with Crippen LogP contribution in [0.4, 0.5) is 5.82 Å². The summed E-state index contributed by atoms with van der Waals surface area (Å²) in [7, 11) is 0. The molecule has 3 heterocycles. The van der Waals surface area contributed by atoms with Crippen LogP contribution in [-0.4, -0.2) is 38.7 Å². The quantitative estimate of drug-likeness (QED) is 0.375. The zero-order chi connectivity index (χ0) is 22.3. The molecule has 4 rings (SSSR count). The van der Waals surface area contributed by atoms with Gasteiger partial charge in [-0.25, -0.2) is 9.97 Å². The lowest BCUT2D eigenvalue weighted by atomic mass is 10.1. The Morgan fingerprint density at radius 2 is 1.91 bits per heavy atom. The van der Waals surface area contributed by atoms with Crippen molar-refractivity contribution in [1.82, 2.24) is 15.0 Å². The normalized spacial score (nSPS) is 12.7. The van der Waals surface area contributed by atoms with Gasteiger partial charge in [-0.2, -0.15) is 0 Å². The van der Waals surface area contributed by atoms with Crippen molar-refractivity contribution in [2.24, 2.45) is 5.73 Å². The molecule has 162 valence electrons. The number of anilines is 1. The Bertz CT molecular complexity index is 1230. The van der Waals surface area contributed by atoms with Crippen molar-refractivity contribution in [3.8, 4) is 23.2 Å². The van der Waals surface area contributed by atoms with Crippen LogP contribution in [0, 0.1) is 11.8 Å². The maximum Gasteiger partial charge on any atom is 0.162 e. The van der Waals surface area contributed by atoms with Crippen LogP contribution >= 0.6 is 11.3 Å².